The smallest absolute Gasteiger partial charge is 0.401 e. The zero-order chi connectivity index (χ0) is 11.9. The van der Waals surface area contributed by atoms with Crippen LogP contribution in [0.4, 0.5) is 13.2 Å². The maximum atomic E-state index is 12.1. The first kappa shape index (κ1) is 14.2. The van der Waals surface area contributed by atoms with Crippen molar-refractivity contribution < 1.29 is 22.7 Å². The van der Waals surface area contributed by atoms with Crippen molar-refractivity contribution in [2.75, 3.05) is 26.2 Å². The van der Waals surface area contributed by atoms with E-state index in [0.717, 1.165) is 4.90 Å². The van der Waals surface area contributed by atoms with Gasteiger partial charge in [0, 0.05) is 0 Å². The average Bonchev–Trinajstić information content (AvgIpc) is 2.01. The van der Waals surface area contributed by atoms with Crippen LogP contribution < -0.4 is 0 Å². The van der Waals surface area contributed by atoms with Gasteiger partial charge in [0.15, 0.2) is 0 Å². The van der Waals surface area contributed by atoms with Crippen LogP contribution in [0.3, 0.4) is 0 Å². The molecule has 3 nitrogen and oxygen atoms in total. The third kappa shape index (κ3) is 8.23. The van der Waals surface area contributed by atoms with Gasteiger partial charge in [-0.3, -0.25) is 9.69 Å². The van der Waals surface area contributed by atoms with Crippen LogP contribution in [0.2, 0.25) is 0 Å². The Morgan fingerprint density at radius 3 is 2.33 bits per heavy atom. The van der Waals surface area contributed by atoms with Crippen LogP contribution in [-0.2, 0) is 9.53 Å². The van der Waals surface area contributed by atoms with Gasteiger partial charge in [0.1, 0.15) is 0 Å². The highest BCUT2D eigenvalue weighted by molar-refractivity contribution is 5.71. The maximum absolute atomic E-state index is 12.1. The highest BCUT2D eigenvalue weighted by Gasteiger charge is 2.31. The zero-order valence-corrected chi connectivity index (χ0v) is 8.93. The van der Waals surface area contributed by atoms with Gasteiger partial charge >= 0.3 is 12.1 Å². The highest BCUT2D eigenvalue weighted by Crippen LogP contribution is 2.16. The predicted octanol–water partition coefficient (Wildman–Crippen LogP) is 1.82. The molecule has 0 saturated heterocycles. The zero-order valence-electron chi connectivity index (χ0n) is 8.93. The lowest BCUT2D eigenvalue weighted by Gasteiger charge is -2.21. The van der Waals surface area contributed by atoms with Crippen molar-refractivity contribution in [1.29, 1.82) is 0 Å². The molecular weight excluding hydrogens is 211 g/mol. The number of hydrogen-bond donors (Lipinski definition) is 0. The number of hydrogen-bond acceptors (Lipinski definition) is 3. The molecule has 0 rings (SSSR count). The minimum absolute atomic E-state index is 0.185. The van der Waals surface area contributed by atoms with E-state index >= 15 is 0 Å². The summed E-state index contributed by atoms with van der Waals surface area (Å²) in [5.74, 6) is -0.616. The lowest BCUT2D eigenvalue weighted by atomic mass is 10.4. The van der Waals surface area contributed by atoms with Gasteiger partial charge in [-0.1, -0.05) is 6.92 Å². The van der Waals surface area contributed by atoms with E-state index in [1.54, 1.807) is 13.8 Å². The number of nitrogens with zero attached hydrogens (tertiary/aromatic N) is 1. The highest BCUT2D eigenvalue weighted by atomic mass is 19.4. The number of rotatable bonds is 6. The molecule has 0 unspecified atom stereocenters. The maximum Gasteiger partial charge on any atom is 0.401 e. The molecule has 0 heterocycles. The summed E-state index contributed by atoms with van der Waals surface area (Å²) in [5, 5.41) is 0. The lowest BCUT2D eigenvalue weighted by Crippen LogP contribution is -2.38. The topological polar surface area (TPSA) is 29.5 Å². The van der Waals surface area contributed by atoms with E-state index < -0.39 is 18.7 Å². The number of ether oxygens (including phenoxy) is 1. The molecular formula is C9H16F3NO2. The Bertz CT molecular complexity index is 194. The monoisotopic (exact) mass is 227 g/mol. The fourth-order valence-electron chi connectivity index (χ4n) is 1.17. The summed E-state index contributed by atoms with van der Waals surface area (Å²) in [6, 6.07) is 0. The van der Waals surface area contributed by atoms with Gasteiger partial charge in [-0.25, -0.2) is 0 Å². The van der Waals surface area contributed by atoms with E-state index in [9.17, 15) is 18.0 Å². The second-order valence-electron chi connectivity index (χ2n) is 3.13. The molecule has 0 aromatic rings. The Morgan fingerprint density at radius 1 is 1.33 bits per heavy atom. The molecule has 0 aliphatic heterocycles. The number of alkyl halides is 3. The van der Waals surface area contributed by atoms with Crippen molar-refractivity contribution in [3.63, 3.8) is 0 Å². The predicted molar refractivity (Wildman–Crippen MR) is 49.4 cm³/mol. The molecule has 0 N–H and O–H groups in total. The van der Waals surface area contributed by atoms with Gasteiger partial charge in [-0.05, 0) is 19.9 Å². The van der Waals surface area contributed by atoms with E-state index in [4.69, 9.17) is 0 Å². The minimum atomic E-state index is -4.28. The molecule has 90 valence electrons. The fraction of sp³-hybridized carbons (Fsp3) is 0.889. The Kier molecular flexibility index (Phi) is 6.31. The first-order chi connectivity index (χ1) is 6.89. The molecule has 0 atom stereocenters. The molecule has 0 spiro atoms. The molecule has 0 radical (unpaired) electrons. The summed E-state index contributed by atoms with van der Waals surface area (Å²) in [7, 11) is 0. The van der Waals surface area contributed by atoms with Crippen molar-refractivity contribution in [3.05, 3.63) is 0 Å². The second-order valence-corrected chi connectivity index (χ2v) is 3.13. The van der Waals surface area contributed by atoms with Crippen LogP contribution in [0.1, 0.15) is 20.3 Å². The molecule has 0 saturated carbocycles. The Morgan fingerprint density at radius 2 is 1.93 bits per heavy atom. The van der Waals surface area contributed by atoms with Crippen molar-refractivity contribution in [2.45, 2.75) is 26.4 Å². The molecule has 0 aromatic carbocycles. The van der Waals surface area contributed by atoms with Crippen LogP contribution >= 0.6 is 0 Å². The number of halogens is 3. The van der Waals surface area contributed by atoms with Gasteiger partial charge in [-0.2, -0.15) is 13.2 Å². The summed E-state index contributed by atoms with van der Waals surface area (Å²) in [4.78, 5) is 12.0. The molecule has 0 aliphatic rings. The second kappa shape index (κ2) is 6.66. The molecule has 0 aromatic heterocycles. The third-order valence-electron chi connectivity index (χ3n) is 1.60. The lowest BCUT2D eigenvalue weighted by molar-refractivity contribution is -0.156. The first-order valence-corrected chi connectivity index (χ1v) is 4.83. The molecule has 6 heteroatoms. The third-order valence-corrected chi connectivity index (χ3v) is 1.60. The summed E-state index contributed by atoms with van der Waals surface area (Å²) < 4.78 is 40.8. The SMILES string of the molecule is CCCN(CC(=O)OCC)CC(F)(F)F. The first-order valence-electron chi connectivity index (χ1n) is 4.83. The van der Waals surface area contributed by atoms with Crippen molar-refractivity contribution >= 4 is 5.97 Å². The van der Waals surface area contributed by atoms with Gasteiger partial charge < -0.3 is 4.74 Å². The van der Waals surface area contributed by atoms with Crippen LogP contribution in [0.5, 0.6) is 0 Å². The molecule has 15 heavy (non-hydrogen) atoms. The minimum Gasteiger partial charge on any atom is -0.465 e. The van der Waals surface area contributed by atoms with Crippen LogP contribution in [0.15, 0.2) is 0 Å². The largest absolute Gasteiger partial charge is 0.465 e. The van der Waals surface area contributed by atoms with E-state index in [0.29, 0.717) is 6.42 Å². The van der Waals surface area contributed by atoms with Crippen molar-refractivity contribution in [1.82, 2.24) is 4.90 Å². The van der Waals surface area contributed by atoms with Crippen molar-refractivity contribution in [2.24, 2.45) is 0 Å². The Labute approximate surface area is 87.2 Å². The number of carbonyl (C=O) groups excluding carboxylic acids is 1. The molecule has 0 aliphatic carbocycles. The summed E-state index contributed by atoms with van der Waals surface area (Å²) in [6.45, 7) is 2.42. The van der Waals surface area contributed by atoms with E-state index in [2.05, 4.69) is 4.74 Å². The molecule has 0 bridgehead atoms. The standard InChI is InChI=1S/C9H16F3NO2/c1-3-5-13(7-9(10,11)12)6-8(14)15-4-2/h3-7H2,1-2H3. The van der Waals surface area contributed by atoms with Gasteiger partial charge in [0.2, 0.25) is 0 Å². The van der Waals surface area contributed by atoms with Crippen LogP contribution in [-0.4, -0.2) is 43.3 Å². The Hall–Kier alpha value is -0.780. The van der Waals surface area contributed by atoms with Crippen molar-refractivity contribution in [3.8, 4) is 0 Å². The Balaban J connectivity index is 4.09. The number of esters is 1. The van der Waals surface area contributed by atoms with E-state index in [1.165, 1.54) is 0 Å². The summed E-state index contributed by atoms with van der Waals surface area (Å²) in [6.07, 6.45) is -3.71. The molecule has 0 amide bonds. The van der Waals surface area contributed by atoms with Gasteiger partial charge in [0.25, 0.3) is 0 Å². The number of carbonyl (C=O) groups is 1. The van der Waals surface area contributed by atoms with E-state index in [1.807, 2.05) is 0 Å². The van der Waals surface area contributed by atoms with Gasteiger partial charge in [0.05, 0.1) is 19.7 Å². The van der Waals surface area contributed by atoms with Crippen LogP contribution in [0, 0.1) is 0 Å². The summed E-state index contributed by atoms with van der Waals surface area (Å²) >= 11 is 0. The quantitative estimate of drug-likeness (QED) is 0.648. The van der Waals surface area contributed by atoms with Gasteiger partial charge in [-0.15, -0.1) is 0 Å². The van der Waals surface area contributed by atoms with E-state index in [-0.39, 0.29) is 19.7 Å². The summed E-state index contributed by atoms with van der Waals surface area (Å²) in [5.41, 5.74) is 0. The van der Waals surface area contributed by atoms with Crippen LogP contribution in [0.25, 0.3) is 0 Å². The normalized spacial score (nSPS) is 11.9. The average molecular weight is 227 g/mol. The fourth-order valence-corrected chi connectivity index (χ4v) is 1.17. The molecule has 0 fully saturated rings.